The van der Waals surface area contributed by atoms with Crippen molar-refractivity contribution in [3.8, 4) is 6.07 Å². The van der Waals surface area contributed by atoms with Crippen LogP contribution in [-0.2, 0) is 6.54 Å². The Kier molecular flexibility index (Phi) is 4.39. The van der Waals surface area contributed by atoms with Gasteiger partial charge in [-0.3, -0.25) is 0 Å². The van der Waals surface area contributed by atoms with E-state index in [1.54, 1.807) is 12.1 Å². The largest absolute Gasteiger partial charge is 0.383 e. The van der Waals surface area contributed by atoms with Crippen molar-refractivity contribution < 1.29 is 0 Å². The molecule has 0 amide bonds. The molecule has 0 unspecified atom stereocenters. The second-order valence-corrected chi connectivity index (χ2v) is 5.26. The Labute approximate surface area is 124 Å². The summed E-state index contributed by atoms with van der Waals surface area (Å²) < 4.78 is 0. The van der Waals surface area contributed by atoms with Gasteiger partial charge in [0.1, 0.15) is 17.5 Å². The van der Waals surface area contributed by atoms with E-state index in [9.17, 15) is 0 Å². The third-order valence-electron chi connectivity index (χ3n) is 3.26. The Hall–Kier alpha value is -2.61. The molecule has 0 saturated carbocycles. The van der Waals surface area contributed by atoms with E-state index in [0.29, 0.717) is 17.9 Å². The van der Waals surface area contributed by atoms with E-state index in [1.807, 2.05) is 32.9 Å². The smallest absolute Gasteiger partial charge is 0.135 e. The van der Waals surface area contributed by atoms with Crippen molar-refractivity contribution in [3.63, 3.8) is 0 Å². The minimum Gasteiger partial charge on any atom is -0.383 e. The molecule has 0 saturated heterocycles. The monoisotopic (exact) mass is 281 g/mol. The third-order valence-corrected chi connectivity index (χ3v) is 3.26. The van der Waals surface area contributed by atoms with E-state index in [4.69, 9.17) is 11.0 Å². The number of hydrogen-bond acceptors (Lipinski definition) is 5. The second-order valence-electron chi connectivity index (χ2n) is 5.26. The van der Waals surface area contributed by atoms with Crippen LogP contribution in [0.3, 0.4) is 0 Å². The van der Waals surface area contributed by atoms with Gasteiger partial charge in [-0.25, -0.2) is 9.97 Å². The molecule has 0 aliphatic heterocycles. The number of hydrogen-bond donors (Lipinski definition) is 2. The molecule has 0 atom stereocenters. The van der Waals surface area contributed by atoms with Gasteiger partial charge in [0.25, 0.3) is 0 Å². The van der Waals surface area contributed by atoms with Crippen LogP contribution in [0.25, 0.3) is 0 Å². The van der Waals surface area contributed by atoms with Crippen molar-refractivity contribution in [2.75, 3.05) is 11.1 Å². The molecule has 5 heteroatoms. The molecular weight excluding hydrogens is 262 g/mol. The predicted octanol–water partition coefficient (Wildman–Crippen LogP) is 2.97. The maximum Gasteiger partial charge on any atom is 0.135 e. The summed E-state index contributed by atoms with van der Waals surface area (Å²) in [5.74, 6) is 2.23. The molecule has 108 valence electrons. The van der Waals surface area contributed by atoms with Gasteiger partial charge in [0.15, 0.2) is 0 Å². The van der Waals surface area contributed by atoms with Crippen molar-refractivity contribution in [1.82, 2.24) is 9.97 Å². The number of nitrogens with zero attached hydrogens (tertiary/aromatic N) is 3. The van der Waals surface area contributed by atoms with Gasteiger partial charge in [0.2, 0.25) is 0 Å². The molecule has 0 fully saturated rings. The molecule has 0 radical (unpaired) electrons. The first-order valence-corrected chi connectivity index (χ1v) is 6.88. The standard InChI is InChI=1S/C16H19N5/c1-10(2)15-20-14(18)11(3)16(21-15)19-9-13-6-4-12(8-17)5-7-13/h4-7,10H,9H2,1-3H3,(H3,18,19,20,21). The molecule has 1 aromatic carbocycles. The number of nitrogens with one attached hydrogen (secondary N) is 1. The Bertz CT molecular complexity index is 668. The van der Waals surface area contributed by atoms with Gasteiger partial charge in [-0.2, -0.15) is 5.26 Å². The summed E-state index contributed by atoms with van der Waals surface area (Å²) in [6.07, 6.45) is 0. The zero-order valence-corrected chi connectivity index (χ0v) is 12.5. The summed E-state index contributed by atoms with van der Waals surface area (Å²) >= 11 is 0. The highest BCUT2D eigenvalue weighted by atomic mass is 15.1. The molecule has 5 nitrogen and oxygen atoms in total. The molecule has 21 heavy (non-hydrogen) atoms. The molecule has 1 heterocycles. The zero-order chi connectivity index (χ0) is 15.4. The summed E-state index contributed by atoms with van der Waals surface area (Å²) in [6, 6.07) is 9.56. The topological polar surface area (TPSA) is 87.6 Å². The van der Waals surface area contributed by atoms with Crippen LogP contribution >= 0.6 is 0 Å². The van der Waals surface area contributed by atoms with Gasteiger partial charge in [-0.05, 0) is 24.6 Å². The first-order chi connectivity index (χ1) is 10.0. The van der Waals surface area contributed by atoms with Crippen molar-refractivity contribution in [2.45, 2.75) is 33.2 Å². The summed E-state index contributed by atoms with van der Waals surface area (Å²) in [6.45, 7) is 6.60. The van der Waals surface area contributed by atoms with Gasteiger partial charge >= 0.3 is 0 Å². The van der Waals surface area contributed by atoms with E-state index in [0.717, 1.165) is 22.8 Å². The molecule has 2 aromatic rings. The first-order valence-electron chi connectivity index (χ1n) is 6.88. The van der Waals surface area contributed by atoms with E-state index in [1.165, 1.54) is 0 Å². The summed E-state index contributed by atoms with van der Waals surface area (Å²) in [4.78, 5) is 8.83. The van der Waals surface area contributed by atoms with Crippen molar-refractivity contribution in [3.05, 3.63) is 46.8 Å². The molecule has 0 aliphatic carbocycles. The van der Waals surface area contributed by atoms with Gasteiger partial charge in [0.05, 0.1) is 11.6 Å². The Morgan fingerprint density at radius 3 is 2.48 bits per heavy atom. The van der Waals surface area contributed by atoms with Crippen LogP contribution in [0.1, 0.15) is 42.3 Å². The summed E-state index contributed by atoms with van der Waals surface area (Å²) in [7, 11) is 0. The quantitative estimate of drug-likeness (QED) is 0.899. The minimum atomic E-state index is 0.225. The number of nitrogens with two attached hydrogens (primary N) is 1. The highest BCUT2D eigenvalue weighted by Crippen LogP contribution is 2.21. The molecule has 0 aliphatic rings. The number of nitriles is 1. The molecule has 0 bridgehead atoms. The summed E-state index contributed by atoms with van der Waals surface area (Å²) in [5.41, 5.74) is 8.53. The highest BCUT2D eigenvalue weighted by molar-refractivity contribution is 5.55. The maximum absolute atomic E-state index is 8.79. The van der Waals surface area contributed by atoms with Crippen LogP contribution in [0.2, 0.25) is 0 Å². The predicted molar refractivity (Wildman–Crippen MR) is 83.8 cm³/mol. The average Bonchev–Trinajstić information content (AvgIpc) is 2.49. The van der Waals surface area contributed by atoms with Crippen LogP contribution in [0.15, 0.2) is 24.3 Å². The lowest BCUT2D eigenvalue weighted by molar-refractivity contribution is 0.774. The third kappa shape index (κ3) is 3.48. The lowest BCUT2D eigenvalue weighted by Gasteiger charge is -2.13. The average molecular weight is 281 g/mol. The lowest BCUT2D eigenvalue weighted by Crippen LogP contribution is -2.10. The van der Waals surface area contributed by atoms with E-state index >= 15 is 0 Å². The van der Waals surface area contributed by atoms with Gasteiger partial charge < -0.3 is 11.1 Å². The fraction of sp³-hybridized carbons (Fsp3) is 0.312. The number of rotatable bonds is 4. The van der Waals surface area contributed by atoms with Crippen molar-refractivity contribution in [2.24, 2.45) is 0 Å². The Morgan fingerprint density at radius 2 is 1.90 bits per heavy atom. The van der Waals surface area contributed by atoms with Crippen molar-refractivity contribution >= 4 is 11.6 Å². The van der Waals surface area contributed by atoms with Gasteiger partial charge in [0, 0.05) is 18.0 Å². The van der Waals surface area contributed by atoms with Crippen LogP contribution in [0.5, 0.6) is 0 Å². The number of benzene rings is 1. The SMILES string of the molecule is Cc1c(N)nc(C(C)C)nc1NCc1ccc(C#N)cc1. The number of anilines is 2. The van der Waals surface area contributed by atoms with Crippen LogP contribution in [0.4, 0.5) is 11.6 Å². The molecule has 2 rings (SSSR count). The number of aromatic nitrogens is 2. The lowest BCUT2D eigenvalue weighted by atomic mass is 10.1. The molecule has 3 N–H and O–H groups in total. The van der Waals surface area contributed by atoms with Crippen LogP contribution in [0, 0.1) is 18.3 Å². The van der Waals surface area contributed by atoms with E-state index in [2.05, 4.69) is 21.4 Å². The van der Waals surface area contributed by atoms with Gasteiger partial charge in [-0.15, -0.1) is 0 Å². The van der Waals surface area contributed by atoms with Crippen molar-refractivity contribution in [1.29, 1.82) is 5.26 Å². The Morgan fingerprint density at radius 1 is 1.24 bits per heavy atom. The van der Waals surface area contributed by atoms with E-state index < -0.39 is 0 Å². The second kappa shape index (κ2) is 6.23. The van der Waals surface area contributed by atoms with E-state index in [-0.39, 0.29) is 5.92 Å². The molecular formula is C16H19N5. The fourth-order valence-electron chi connectivity index (χ4n) is 1.87. The maximum atomic E-state index is 8.79. The molecule has 1 aromatic heterocycles. The Balaban J connectivity index is 2.17. The molecule has 0 spiro atoms. The first kappa shape index (κ1) is 14.8. The zero-order valence-electron chi connectivity index (χ0n) is 12.5. The normalized spacial score (nSPS) is 10.4. The highest BCUT2D eigenvalue weighted by Gasteiger charge is 2.11. The van der Waals surface area contributed by atoms with Gasteiger partial charge in [-0.1, -0.05) is 26.0 Å². The minimum absolute atomic E-state index is 0.225. The van der Waals surface area contributed by atoms with Crippen LogP contribution in [-0.4, -0.2) is 9.97 Å². The van der Waals surface area contributed by atoms with Crippen LogP contribution < -0.4 is 11.1 Å². The fourth-order valence-corrected chi connectivity index (χ4v) is 1.87. The number of nitrogen functional groups attached to an aromatic ring is 1. The summed E-state index contributed by atoms with van der Waals surface area (Å²) in [5, 5.41) is 12.1.